The maximum atomic E-state index is 13.1. The molecule has 1 aliphatic rings. The van der Waals surface area contributed by atoms with Crippen LogP contribution in [-0.2, 0) is 20.8 Å². The standard InChI is InChI=1S/C16H21F3N2O3S.ClH/c1-11(12-5-3-4-6-13(12)16(17,18)19)21-14(22)15(25(2,23)24)7-9-20-10-8-15;/h3-6,11,20H,7-10H2,1-2H3,(H,21,22);1H. The second kappa shape index (κ2) is 8.14. The third-order valence-electron chi connectivity index (χ3n) is 4.62. The minimum Gasteiger partial charge on any atom is -0.348 e. The second-order valence-electron chi connectivity index (χ2n) is 6.30. The summed E-state index contributed by atoms with van der Waals surface area (Å²) < 4.78 is 62.3. The molecule has 0 bridgehead atoms. The first-order valence-corrected chi connectivity index (χ1v) is 9.75. The first-order valence-electron chi connectivity index (χ1n) is 7.86. The number of carbonyl (C=O) groups is 1. The van der Waals surface area contributed by atoms with Gasteiger partial charge >= 0.3 is 6.18 Å². The molecule has 2 N–H and O–H groups in total. The largest absolute Gasteiger partial charge is 0.416 e. The van der Waals surface area contributed by atoms with E-state index in [9.17, 15) is 26.4 Å². The SMILES string of the molecule is CC(NC(=O)C1(S(C)(=O)=O)CCNCC1)c1ccccc1C(F)(F)F.Cl. The Kier molecular flexibility index (Phi) is 7.11. The maximum absolute atomic E-state index is 13.1. The number of piperidine rings is 1. The molecule has 0 aromatic heterocycles. The highest BCUT2D eigenvalue weighted by Gasteiger charge is 2.49. The van der Waals surface area contributed by atoms with Crippen LogP contribution in [0.25, 0.3) is 0 Å². The fourth-order valence-electron chi connectivity index (χ4n) is 3.14. The Morgan fingerprint density at radius 2 is 1.77 bits per heavy atom. The molecule has 26 heavy (non-hydrogen) atoms. The van der Waals surface area contributed by atoms with Crippen molar-refractivity contribution in [2.75, 3.05) is 19.3 Å². The first-order chi connectivity index (χ1) is 11.5. The number of sulfone groups is 1. The smallest absolute Gasteiger partial charge is 0.348 e. The maximum Gasteiger partial charge on any atom is 0.416 e. The quantitative estimate of drug-likeness (QED) is 0.793. The van der Waals surface area contributed by atoms with Crippen molar-refractivity contribution in [2.45, 2.75) is 36.7 Å². The second-order valence-corrected chi connectivity index (χ2v) is 8.62. The summed E-state index contributed by atoms with van der Waals surface area (Å²) in [6.07, 6.45) is -3.39. The first kappa shape index (κ1) is 22.7. The fraction of sp³-hybridized carbons (Fsp3) is 0.562. The Hall–Kier alpha value is -1.32. The Bertz CT molecular complexity index is 747. The number of alkyl halides is 3. The van der Waals surface area contributed by atoms with E-state index in [1.807, 2.05) is 0 Å². The third kappa shape index (κ3) is 4.50. The zero-order valence-electron chi connectivity index (χ0n) is 14.4. The van der Waals surface area contributed by atoms with Gasteiger partial charge in [0.15, 0.2) is 14.6 Å². The highest BCUT2D eigenvalue weighted by Crippen LogP contribution is 2.35. The van der Waals surface area contributed by atoms with Gasteiger partial charge in [-0.2, -0.15) is 13.2 Å². The fourth-order valence-corrected chi connectivity index (χ4v) is 4.48. The van der Waals surface area contributed by atoms with Crippen molar-refractivity contribution >= 4 is 28.2 Å². The van der Waals surface area contributed by atoms with E-state index < -0.39 is 38.3 Å². The van der Waals surface area contributed by atoms with Crippen molar-refractivity contribution in [3.63, 3.8) is 0 Å². The van der Waals surface area contributed by atoms with Crippen LogP contribution in [0.1, 0.15) is 36.9 Å². The van der Waals surface area contributed by atoms with Gasteiger partial charge in [0.25, 0.3) is 0 Å². The average Bonchev–Trinajstić information content (AvgIpc) is 2.53. The number of hydrogen-bond donors (Lipinski definition) is 2. The van der Waals surface area contributed by atoms with Gasteiger partial charge in [-0.1, -0.05) is 18.2 Å². The summed E-state index contributed by atoms with van der Waals surface area (Å²) in [5.41, 5.74) is -0.942. The Balaban J connectivity index is 0.00000338. The molecule has 1 aliphatic heterocycles. The van der Waals surface area contributed by atoms with Crippen LogP contribution in [0.2, 0.25) is 0 Å². The zero-order valence-corrected chi connectivity index (χ0v) is 16.0. The summed E-state index contributed by atoms with van der Waals surface area (Å²) in [5.74, 6) is -0.749. The lowest BCUT2D eigenvalue weighted by Crippen LogP contribution is -2.57. The molecule has 1 aromatic rings. The third-order valence-corrected chi connectivity index (χ3v) is 6.63. The van der Waals surface area contributed by atoms with Gasteiger partial charge in [-0.15, -0.1) is 12.4 Å². The molecule has 148 valence electrons. The normalized spacial score (nSPS) is 18.5. The van der Waals surface area contributed by atoms with E-state index >= 15 is 0 Å². The molecule has 1 heterocycles. The van der Waals surface area contributed by atoms with E-state index in [0.29, 0.717) is 13.1 Å². The van der Waals surface area contributed by atoms with Crippen molar-refractivity contribution in [3.05, 3.63) is 35.4 Å². The monoisotopic (exact) mass is 414 g/mol. The summed E-state index contributed by atoms with van der Waals surface area (Å²) in [7, 11) is -3.73. The topological polar surface area (TPSA) is 75.3 Å². The molecule has 1 unspecified atom stereocenters. The summed E-state index contributed by atoms with van der Waals surface area (Å²) >= 11 is 0. The highest BCUT2D eigenvalue weighted by molar-refractivity contribution is 7.92. The Labute approximate surface area is 157 Å². The molecule has 1 amide bonds. The molecule has 1 aromatic carbocycles. The van der Waals surface area contributed by atoms with Crippen molar-refractivity contribution < 1.29 is 26.4 Å². The van der Waals surface area contributed by atoms with Crippen LogP contribution >= 0.6 is 12.4 Å². The lowest BCUT2D eigenvalue weighted by molar-refractivity contribution is -0.139. The van der Waals surface area contributed by atoms with Crippen molar-refractivity contribution in [3.8, 4) is 0 Å². The lowest BCUT2D eigenvalue weighted by Gasteiger charge is -2.35. The van der Waals surface area contributed by atoms with Crippen LogP contribution in [-0.4, -0.2) is 38.4 Å². The van der Waals surface area contributed by atoms with Crippen molar-refractivity contribution in [1.82, 2.24) is 10.6 Å². The molecule has 5 nitrogen and oxygen atoms in total. The molecule has 0 radical (unpaired) electrons. The number of rotatable bonds is 4. The minimum atomic E-state index is -4.56. The molecule has 10 heteroatoms. The predicted molar refractivity (Wildman–Crippen MR) is 94.9 cm³/mol. The van der Waals surface area contributed by atoms with Crippen LogP contribution < -0.4 is 10.6 Å². The Morgan fingerprint density at radius 1 is 1.23 bits per heavy atom. The molecule has 1 fully saturated rings. The molecule has 0 saturated carbocycles. The van der Waals surface area contributed by atoms with Gasteiger partial charge in [0.05, 0.1) is 11.6 Å². The molecule has 2 rings (SSSR count). The number of carbonyl (C=O) groups excluding carboxylic acids is 1. The van der Waals surface area contributed by atoms with Gasteiger partial charge in [-0.3, -0.25) is 4.79 Å². The summed E-state index contributed by atoms with van der Waals surface area (Å²) in [6, 6.07) is 3.97. The predicted octanol–water partition coefficient (Wildman–Crippen LogP) is 2.47. The van der Waals surface area contributed by atoms with Crippen LogP contribution in [0.15, 0.2) is 24.3 Å². The molecule has 0 aliphatic carbocycles. The van der Waals surface area contributed by atoms with Gasteiger partial charge < -0.3 is 10.6 Å². The molecule has 1 atom stereocenters. The van der Waals surface area contributed by atoms with Crippen LogP contribution in [0.3, 0.4) is 0 Å². The van der Waals surface area contributed by atoms with E-state index in [2.05, 4.69) is 10.6 Å². The van der Waals surface area contributed by atoms with Gasteiger partial charge in [-0.25, -0.2) is 8.42 Å². The van der Waals surface area contributed by atoms with Crippen LogP contribution in [0.4, 0.5) is 13.2 Å². The van der Waals surface area contributed by atoms with Gasteiger partial charge in [-0.05, 0) is 44.5 Å². The number of amides is 1. The van der Waals surface area contributed by atoms with E-state index in [-0.39, 0.29) is 30.8 Å². The summed E-state index contributed by atoms with van der Waals surface area (Å²) in [5, 5.41) is 5.47. The van der Waals surface area contributed by atoms with E-state index in [0.717, 1.165) is 12.3 Å². The average molecular weight is 415 g/mol. The van der Waals surface area contributed by atoms with Crippen molar-refractivity contribution in [1.29, 1.82) is 0 Å². The molecular weight excluding hydrogens is 393 g/mol. The van der Waals surface area contributed by atoms with E-state index in [4.69, 9.17) is 0 Å². The summed E-state index contributed by atoms with van der Waals surface area (Å²) in [6.45, 7) is 2.13. The molecule has 1 saturated heterocycles. The number of benzene rings is 1. The zero-order chi connectivity index (χ0) is 18.9. The highest BCUT2D eigenvalue weighted by atomic mass is 35.5. The molecule has 0 spiro atoms. The molecular formula is C16H22ClF3N2O3S. The number of hydrogen-bond acceptors (Lipinski definition) is 4. The lowest BCUT2D eigenvalue weighted by atomic mass is 9.94. The van der Waals surface area contributed by atoms with E-state index in [1.165, 1.54) is 25.1 Å². The number of nitrogens with one attached hydrogen (secondary N) is 2. The van der Waals surface area contributed by atoms with E-state index in [1.54, 1.807) is 0 Å². The van der Waals surface area contributed by atoms with Gasteiger partial charge in [0.1, 0.15) is 0 Å². The van der Waals surface area contributed by atoms with Crippen molar-refractivity contribution in [2.24, 2.45) is 0 Å². The minimum absolute atomic E-state index is 0. The summed E-state index contributed by atoms with van der Waals surface area (Å²) in [4.78, 5) is 12.7. The number of halogens is 4. The van der Waals surface area contributed by atoms with Gasteiger partial charge in [0.2, 0.25) is 5.91 Å². The Morgan fingerprint density at radius 3 is 2.27 bits per heavy atom. The van der Waals surface area contributed by atoms with Crippen LogP contribution in [0.5, 0.6) is 0 Å². The van der Waals surface area contributed by atoms with Crippen LogP contribution in [0, 0.1) is 0 Å². The van der Waals surface area contributed by atoms with Gasteiger partial charge in [0, 0.05) is 6.26 Å².